The molecule has 0 fully saturated rings. The first-order valence-electron chi connectivity index (χ1n) is 24.5. The Bertz CT molecular complexity index is 3840. The summed E-state index contributed by atoms with van der Waals surface area (Å²) in [7, 11) is -2.71. The molecule has 0 aliphatic heterocycles. The summed E-state index contributed by atoms with van der Waals surface area (Å²) < 4.78 is 5.03. The van der Waals surface area contributed by atoms with Gasteiger partial charge in [-0.2, -0.15) is 0 Å². The first-order valence-corrected chi connectivity index (χ1v) is 26.5. The monoisotopic (exact) mass is 910 g/mol. The Morgan fingerprint density at radius 3 is 1.41 bits per heavy atom. The van der Waals surface area contributed by atoms with E-state index in [2.05, 4.69) is 289 Å². The Morgan fingerprint density at radius 2 is 0.771 bits per heavy atom. The molecule has 0 radical (unpaired) electrons. The number of rotatable bonds is 9. The second-order valence-electron chi connectivity index (χ2n) is 18.9. The standard InChI is InChI=1S/C67H50N2Si/c1-47-19-14-16-31-63(47)69-64-32-17-15-30-59(64)61-44-52(35-42-66(61)69)51-34-41-65-62(45-51)60-40-33-53(50-23-18-22-49(43-50)48-20-6-2-7-21-48)46-67(60)68(65)54-36-38-58(39-37-54)70(55-24-8-3-9-25-55,56-26-10-4-11-27-56)57-28-12-5-13-29-57/h2-47,63H,1H3. The Hall–Kier alpha value is -8.50. The van der Waals surface area contributed by atoms with Crippen LogP contribution in [0.5, 0.6) is 0 Å². The lowest BCUT2D eigenvalue weighted by atomic mass is 9.96. The zero-order valence-corrected chi connectivity index (χ0v) is 40.0. The average molecular weight is 911 g/mol. The lowest BCUT2D eigenvalue weighted by Crippen LogP contribution is -2.74. The van der Waals surface area contributed by atoms with Crippen LogP contribution in [0.15, 0.2) is 273 Å². The van der Waals surface area contributed by atoms with Crippen LogP contribution in [0.25, 0.3) is 82.7 Å². The molecule has 0 spiro atoms. The van der Waals surface area contributed by atoms with Crippen LogP contribution in [0.3, 0.4) is 0 Å². The average Bonchev–Trinajstić information content (AvgIpc) is 3.94. The minimum absolute atomic E-state index is 0.259. The molecule has 12 aromatic rings. The summed E-state index contributed by atoms with van der Waals surface area (Å²) in [6.07, 6.45) is 9.04. The van der Waals surface area contributed by atoms with Crippen LogP contribution in [0.4, 0.5) is 0 Å². The molecule has 0 N–H and O–H groups in total. The molecule has 3 heteroatoms. The second kappa shape index (κ2) is 17.2. The van der Waals surface area contributed by atoms with Gasteiger partial charge in [0.1, 0.15) is 0 Å². The van der Waals surface area contributed by atoms with Gasteiger partial charge in [0, 0.05) is 38.3 Å². The van der Waals surface area contributed by atoms with Crippen molar-refractivity contribution in [1.29, 1.82) is 0 Å². The largest absolute Gasteiger partial charge is 0.333 e. The topological polar surface area (TPSA) is 9.86 Å². The molecular formula is C67H50N2Si. The molecule has 13 rings (SSSR count). The first kappa shape index (κ1) is 41.7. The number of allylic oxidation sites excluding steroid dienone is 4. The van der Waals surface area contributed by atoms with Crippen LogP contribution in [0.1, 0.15) is 13.0 Å². The number of fused-ring (bicyclic) bond motifs is 6. The van der Waals surface area contributed by atoms with E-state index in [0.717, 1.165) is 5.69 Å². The number of aromatic nitrogens is 2. The van der Waals surface area contributed by atoms with E-state index >= 15 is 0 Å². The van der Waals surface area contributed by atoms with E-state index in [4.69, 9.17) is 0 Å². The molecule has 1 aliphatic carbocycles. The minimum atomic E-state index is -2.71. The van der Waals surface area contributed by atoms with Gasteiger partial charge in [-0.25, -0.2) is 0 Å². The van der Waals surface area contributed by atoms with Crippen LogP contribution >= 0.6 is 0 Å². The van der Waals surface area contributed by atoms with Gasteiger partial charge in [0.2, 0.25) is 0 Å². The number of hydrogen-bond acceptors (Lipinski definition) is 0. The van der Waals surface area contributed by atoms with E-state index < -0.39 is 8.07 Å². The summed E-state index contributed by atoms with van der Waals surface area (Å²) >= 11 is 0. The molecule has 0 bridgehead atoms. The molecule has 10 aromatic carbocycles. The highest BCUT2D eigenvalue weighted by atomic mass is 28.3. The van der Waals surface area contributed by atoms with Crippen LogP contribution < -0.4 is 20.7 Å². The highest BCUT2D eigenvalue weighted by molar-refractivity contribution is 7.19. The summed E-state index contributed by atoms with van der Waals surface area (Å²) in [6.45, 7) is 2.32. The van der Waals surface area contributed by atoms with Crippen molar-refractivity contribution in [3.8, 4) is 39.1 Å². The van der Waals surface area contributed by atoms with Gasteiger partial charge in [-0.3, -0.25) is 0 Å². The Morgan fingerprint density at radius 1 is 0.314 bits per heavy atom. The fourth-order valence-corrected chi connectivity index (χ4v) is 16.4. The van der Waals surface area contributed by atoms with Gasteiger partial charge in [-0.05, 0) is 115 Å². The summed E-state index contributed by atoms with van der Waals surface area (Å²) in [5.41, 5.74) is 13.3. The first-order chi connectivity index (χ1) is 34.6. The van der Waals surface area contributed by atoms with Gasteiger partial charge in [0.05, 0.1) is 17.1 Å². The summed E-state index contributed by atoms with van der Waals surface area (Å²) in [6, 6.07) is 93.2. The van der Waals surface area contributed by atoms with Crippen molar-refractivity contribution in [2.24, 2.45) is 5.92 Å². The van der Waals surface area contributed by atoms with Crippen molar-refractivity contribution in [2.45, 2.75) is 13.0 Å². The van der Waals surface area contributed by atoms with Gasteiger partial charge in [-0.1, -0.05) is 225 Å². The quantitative estimate of drug-likeness (QED) is 0.101. The van der Waals surface area contributed by atoms with Crippen LogP contribution in [-0.2, 0) is 0 Å². The fraction of sp³-hybridized carbons (Fsp3) is 0.0448. The van der Waals surface area contributed by atoms with Crippen molar-refractivity contribution in [3.63, 3.8) is 0 Å². The van der Waals surface area contributed by atoms with Crippen LogP contribution in [-0.4, -0.2) is 17.2 Å². The molecule has 2 heterocycles. The SMILES string of the molecule is CC1C=CC=CC1n1c2ccccc2c2cc(-c3ccc4c(c3)c3ccc(-c5cccc(-c6ccccc6)c5)cc3n4-c3ccc([Si](c4ccccc4)(c4ccccc4)c4ccccc4)cc3)ccc21. The normalized spacial score (nSPS) is 14.8. The molecule has 332 valence electrons. The van der Waals surface area contributed by atoms with Gasteiger partial charge < -0.3 is 9.13 Å². The summed E-state index contributed by atoms with van der Waals surface area (Å²) in [5.74, 6) is 0.397. The van der Waals surface area contributed by atoms with Crippen LogP contribution in [0.2, 0.25) is 0 Å². The number of para-hydroxylation sites is 1. The third-order valence-electron chi connectivity index (χ3n) is 15.0. The van der Waals surface area contributed by atoms with Gasteiger partial charge in [0.25, 0.3) is 0 Å². The van der Waals surface area contributed by atoms with Gasteiger partial charge in [-0.15, -0.1) is 0 Å². The number of hydrogen-bond donors (Lipinski definition) is 0. The number of nitrogens with zero attached hydrogens (tertiary/aromatic N) is 2. The lowest BCUT2D eigenvalue weighted by Gasteiger charge is -2.34. The van der Waals surface area contributed by atoms with E-state index in [9.17, 15) is 0 Å². The Labute approximate surface area is 410 Å². The van der Waals surface area contributed by atoms with Crippen LogP contribution in [0, 0.1) is 5.92 Å². The van der Waals surface area contributed by atoms with E-state index in [1.54, 1.807) is 0 Å². The Balaban J connectivity index is 0.996. The van der Waals surface area contributed by atoms with E-state index in [1.165, 1.54) is 97.7 Å². The zero-order valence-electron chi connectivity index (χ0n) is 39.0. The molecule has 1 aliphatic rings. The molecule has 0 amide bonds. The lowest BCUT2D eigenvalue weighted by molar-refractivity contribution is 0.510. The molecule has 2 unspecified atom stereocenters. The summed E-state index contributed by atoms with van der Waals surface area (Å²) in [4.78, 5) is 0. The van der Waals surface area contributed by atoms with Gasteiger partial charge in [0.15, 0.2) is 8.07 Å². The predicted octanol–water partition coefficient (Wildman–Crippen LogP) is 14.6. The second-order valence-corrected chi connectivity index (χ2v) is 22.7. The smallest absolute Gasteiger partial charge is 0.179 e. The fourth-order valence-electron chi connectivity index (χ4n) is 11.6. The van der Waals surface area contributed by atoms with Crippen molar-refractivity contribution in [3.05, 3.63) is 273 Å². The highest BCUT2D eigenvalue weighted by Crippen LogP contribution is 2.41. The maximum absolute atomic E-state index is 2.71. The minimum Gasteiger partial charge on any atom is -0.333 e. The third kappa shape index (κ3) is 6.84. The number of benzene rings is 10. The third-order valence-corrected chi connectivity index (χ3v) is 19.8. The maximum atomic E-state index is 2.54. The molecule has 70 heavy (non-hydrogen) atoms. The molecule has 0 saturated carbocycles. The summed E-state index contributed by atoms with van der Waals surface area (Å²) in [5, 5.41) is 10.5. The highest BCUT2D eigenvalue weighted by Gasteiger charge is 2.41. The van der Waals surface area contributed by atoms with E-state index in [0.29, 0.717) is 5.92 Å². The Kier molecular flexibility index (Phi) is 10.3. The van der Waals surface area contributed by atoms with Crippen molar-refractivity contribution >= 4 is 72.4 Å². The molecular weight excluding hydrogens is 861 g/mol. The molecule has 2 aromatic heterocycles. The zero-order chi connectivity index (χ0) is 46.6. The van der Waals surface area contributed by atoms with Crippen molar-refractivity contribution < 1.29 is 0 Å². The molecule has 2 atom stereocenters. The molecule has 2 nitrogen and oxygen atoms in total. The van der Waals surface area contributed by atoms with E-state index in [1.807, 2.05) is 0 Å². The molecule has 0 saturated heterocycles. The van der Waals surface area contributed by atoms with Crippen molar-refractivity contribution in [1.82, 2.24) is 9.13 Å². The predicted molar refractivity (Wildman–Crippen MR) is 300 cm³/mol. The van der Waals surface area contributed by atoms with Crippen molar-refractivity contribution in [2.75, 3.05) is 0 Å². The van der Waals surface area contributed by atoms with E-state index in [-0.39, 0.29) is 6.04 Å². The van der Waals surface area contributed by atoms with Gasteiger partial charge >= 0.3 is 0 Å². The maximum Gasteiger partial charge on any atom is 0.179 e.